The Morgan fingerprint density at radius 2 is 1.83 bits per heavy atom. The maximum Gasteiger partial charge on any atom is 0.408 e. The van der Waals surface area contributed by atoms with Crippen LogP contribution in [0.5, 0.6) is 0 Å². The highest BCUT2D eigenvalue weighted by atomic mass is 16.6. The zero-order chi connectivity index (χ0) is 26.4. The molecule has 0 saturated carbocycles. The van der Waals surface area contributed by atoms with E-state index in [1.54, 1.807) is 46.1 Å². The third-order valence-corrected chi connectivity index (χ3v) is 6.25. The normalized spacial score (nSPS) is 13.6. The Labute approximate surface area is 210 Å². The van der Waals surface area contributed by atoms with Gasteiger partial charge in [0.15, 0.2) is 0 Å². The minimum absolute atomic E-state index is 0.134. The second-order valence-corrected chi connectivity index (χ2v) is 10.7. The highest BCUT2D eigenvalue weighted by Crippen LogP contribution is 2.35. The van der Waals surface area contributed by atoms with Gasteiger partial charge in [-0.15, -0.1) is 0 Å². The maximum absolute atomic E-state index is 13.3. The molecule has 1 atom stereocenters. The summed E-state index contributed by atoms with van der Waals surface area (Å²) < 4.78 is 12.9. The number of alkyl carbamates (subject to hydrolysis) is 1. The van der Waals surface area contributed by atoms with E-state index in [-0.39, 0.29) is 5.56 Å². The summed E-state index contributed by atoms with van der Waals surface area (Å²) in [7, 11) is 0. The van der Waals surface area contributed by atoms with Gasteiger partial charge in [0.25, 0.3) is 5.56 Å². The van der Waals surface area contributed by atoms with Gasteiger partial charge in [-0.1, -0.05) is 25.1 Å². The number of aromatic nitrogens is 2. The van der Waals surface area contributed by atoms with Crippen LogP contribution < -0.4 is 10.9 Å². The molecule has 1 aromatic carbocycles. The molecule has 0 bridgehead atoms. The predicted octanol–water partition coefficient (Wildman–Crippen LogP) is 5.03. The van der Waals surface area contributed by atoms with Gasteiger partial charge in [-0.3, -0.25) is 4.79 Å². The van der Waals surface area contributed by atoms with Crippen LogP contribution in [-0.4, -0.2) is 32.8 Å². The van der Waals surface area contributed by atoms with Crippen molar-refractivity contribution in [3.8, 4) is 11.4 Å². The minimum Gasteiger partial charge on any atom is -0.456 e. The third kappa shape index (κ3) is 4.85. The maximum atomic E-state index is 13.3. The summed E-state index contributed by atoms with van der Waals surface area (Å²) >= 11 is 0. The monoisotopic (exact) mass is 491 g/mol. The molecule has 0 spiro atoms. The van der Waals surface area contributed by atoms with Crippen molar-refractivity contribution < 1.29 is 19.1 Å². The number of rotatable bonds is 5. The molecule has 1 amide bonds. The summed E-state index contributed by atoms with van der Waals surface area (Å²) in [6.07, 6.45) is -0.921. The van der Waals surface area contributed by atoms with Crippen LogP contribution in [0.2, 0.25) is 0 Å². The van der Waals surface area contributed by atoms with Crippen LogP contribution in [-0.2, 0) is 20.8 Å². The fraction of sp³-hybridized carbons (Fsp3) is 0.429. The molecule has 0 radical (unpaired) electrons. The van der Waals surface area contributed by atoms with Crippen molar-refractivity contribution in [3.63, 3.8) is 0 Å². The van der Waals surface area contributed by atoms with Crippen molar-refractivity contribution in [1.29, 1.82) is 0 Å². The van der Waals surface area contributed by atoms with E-state index in [0.29, 0.717) is 29.8 Å². The Bertz CT molecular complexity index is 1420. The molecule has 0 saturated heterocycles. The van der Waals surface area contributed by atoms with E-state index in [9.17, 15) is 14.4 Å². The van der Waals surface area contributed by atoms with E-state index in [0.717, 1.165) is 22.2 Å². The second kappa shape index (κ2) is 9.08. The number of fused-ring (bicyclic) bond motifs is 4. The molecule has 190 valence electrons. The lowest BCUT2D eigenvalue weighted by atomic mass is 10.00. The predicted molar refractivity (Wildman–Crippen MR) is 138 cm³/mol. The summed E-state index contributed by atoms with van der Waals surface area (Å²) in [6, 6.07) is 11.8. The minimum atomic E-state index is -1.33. The molecule has 1 unspecified atom stereocenters. The molecular weight excluding hydrogens is 458 g/mol. The highest BCUT2D eigenvalue weighted by Gasteiger charge is 2.36. The van der Waals surface area contributed by atoms with Gasteiger partial charge >= 0.3 is 12.1 Å². The molecule has 0 aliphatic carbocycles. The van der Waals surface area contributed by atoms with Gasteiger partial charge in [0, 0.05) is 22.1 Å². The second-order valence-electron chi connectivity index (χ2n) is 10.7. The number of hydrogen-bond acceptors (Lipinski definition) is 6. The Morgan fingerprint density at radius 3 is 2.50 bits per heavy atom. The van der Waals surface area contributed by atoms with Gasteiger partial charge in [-0.05, 0) is 66.2 Å². The van der Waals surface area contributed by atoms with Crippen molar-refractivity contribution >= 4 is 23.0 Å². The zero-order valence-electron chi connectivity index (χ0n) is 21.9. The largest absolute Gasteiger partial charge is 0.456 e. The molecule has 8 nitrogen and oxygen atoms in total. The van der Waals surface area contributed by atoms with Gasteiger partial charge in [0.05, 0.1) is 23.4 Å². The van der Waals surface area contributed by atoms with Gasteiger partial charge < -0.3 is 19.4 Å². The van der Waals surface area contributed by atoms with Crippen molar-refractivity contribution in [1.82, 2.24) is 14.9 Å². The molecule has 0 fully saturated rings. The molecule has 36 heavy (non-hydrogen) atoms. The molecule has 1 aliphatic heterocycles. The summed E-state index contributed by atoms with van der Waals surface area (Å²) in [5.74, 6) is -0.621. The molecule has 4 rings (SSSR count). The van der Waals surface area contributed by atoms with Gasteiger partial charge in [-0.2, -0.15) is 0 Å². The van der Waals surface area contributed by atoms with Crippen LogP contribution in [0, 0.1) is 6.92 Å². The number of hydrogen-bond donors (Lipinski definition) is 1. The van der Waals surface area contributed by atoms with E-state index in [1.807, 2.05) is 37.3 Å². The SMILES string of the molecule is CCC(OC(=O)C(C)(C)NC(=O)OC(C)(C)C)c1cc2n(c(=O)c1C)Cc1cc3ccccc3nc1-2. The molecule has 2 aromatic heterocycles. The lowest BCUT2D eigenvalue weighted by molar-refractivity contribution is -0.156. The fourth-order valence-electron chi connectivity index (χ4n) is 4.38. The number of nitrogens with one attached hydrogen (secondary N) is 1. The average Bonchev–Trinajstić information content (AvgIpc) is 3.14. The van der Waals surface area contributed by atoms with Crippen LogP contribution in [0.3, 0.4) is 0 Å². The van der Waals surface area contributed by atoms with E-state index in [4.69, 9.17) is 14.5 Å². The number of carbonyl (C=O) groups is 2. The summed E-state index contributed by atoms with van der Waals surface area (Å²) in [5.41, 5.74) is 2.31. The van der Waals surface area contributed by atoms with Crippen molar-refractivity contribution in [2.24, 2.45) is 0 Å². The van der Waals surface area contributed by atoms with Crippen LogP contribution in [0.15, 0.2) is 41.2 Å². The molecular formula is C28H33N3O5. The number of nitrogens with zero attached hydrogens (tertiary/aromatic N) is 2. The smallest absolute Gasteiger partial charge is 0.408 e. The fourth-order valence-corrected chi connectivity index (χ4v) is 4.38. The van der Waals surface area contributed by atoms with Crippen LogP contribution in [0.25, 0.3) is 22.3 Å². The quantitative estimate of drug-likeness (QED) is 0.393. The number of ether oxygens (including phenoxy) is 2. The zero-order valence-corrected chi connectivity index (χ0v) is 21.9. The Hall–Kier alpha value is -3.68. The lowest BCUT2D eigenvalue weighted by Gasteiger charge is -2.29. The molecule has 1 N–H and O–H groups in total. The van der Waals surface area contributed by atoms with Gasteiger partial charge in [-0.25, -0.2) is 14.6 Å². The van der Waals surface area contributed by atoms with E-state index in [2.05, 4.69) is 11.4 Å². The highest BCUT2D eigenvalue weighted by molar-refractivity contribution is 5.85. The first-order chi connectivity index (χ1) is 16.8. The Kier molecular flexibility index (Phi) is 6.41. The first-order valence-electron chi connectivity index (χ1n) is 12.2. The van der Waals surface area contributed by atoms with Crippen molar-refractivity contribution in [2.45, 2.75) is 78.7 Å². The third-order valence-electron chi connectivity index (χ3n) is 6.25. The number of esters is 1. The first kappa shape index (κ1) is 25.4. The van der Waals surface area contributed by atoms with E-state index >= 15 is 0 Å². The van der Waals surface area contributed by atoms with Crippen molar-refractivity contribution in [2.75, 3.05) is 0 Å². The average molecular weight is 492 g/mol. The number of para-hydroxylation sites is 1. The standard InChI is InChI=1S/C28H33N3O5/c1-8-22(35-25(33)28(6,7)30-26(34)36-27(3,4)5)19-14-21-23-18(15-31(21)24(32)16(19)2)13-17-11-9-10-12-20(17)29-23/h9-14,22H,8,15H2,1-7H3,(H,30,34). The van der Waals surface area contributed by atoms with Crippen LogP contribution in [0.1, 0.15) is 70.8 Å². The lowest BCUT2D eigenvalue weighted by Crippen LogP contribution is -2.52. The number of benzene rings is 1. The van der Waals surface area contributed by atoms with Crippen LogP contribution in [0.4, 0.5) is 4.79 Å². The first-order valence-corrected chi connectivity index (χ1v) is 12.2. The molecule has 8 heteroatoms. The topological polar surface area (TPSA) is 99.5 Å². The van der Waals surface area contributed by atoms with Crippen LogP contribution >= 0.6 is 0 Å². The summed E-state index contributed by atoms with van der Waals surface area (Å²) in [6.45, 7) is 12.4. The number of carbonyl (C=O) groups excluding carboxylic acids is 2. The molecule has 3 aromatic rings. The van der Waals surface area contributed by atoms with Crippen molar-refractivity contribution in [3.05, 3.63) is 63.4 Å². The number of pyridine rings is 2. The van der Waals surface area contributed by atoms with E-state index in [1.165, 1.54) is 0 Å². The molecule has 1 aliphatic rings. The number of amides is 1. The molecule has 3 heterocycles. The Balaban J connectivity index is 1.65. The van der Waals surface area contributed by atoms with E-state index < -0.39 is 29.3 Å². The van der Waals surface area contributed by atoms with Gasteiger partial charge in [0.1, 0.15) is 17.2 Å². The Morgan fingerprint density at radius 1 is 1.14 bits per heavy atom. The van der Waals surface area contributed by atoms with Gasteiger partial charge in [0.2, 0.25) is 0 Å². The summed E-state index contributed by atoms with van der Waals surface area (Å²) in [5, 5.41) is 3.60. The summed E-state index contributed by atoms with van der Waals surface area (Å²) in [4.78, 5) is 43.5.